The molecule has 1 unspecified atom stereocenters. The first kappa shape index (κ1) is 24.6. The number of hydrogen-bond donors (Lipinski definition) is 1. The minimum atomic E-state index is -3.83. The second-order valence-electron chi connectivity index (χ2n) is 8.10. The van der Waals surface area contributed by atoms with Crippen LogP contribution >= 0.6 is 11.6 Å². The van der Waals surface area contributed by atoms with Gasteiger partial charge in [-0.15, -0.1) is 0 Å². The molecule has 178 valence electrons. The van der Waals surface area contributed by atoms with E-state index in [4.69, 9.17) is 16.7 Å². The van der Waals surface area contributed by atoms with Crippen molar-refractivity contribution < 1.29 is 13.2 Å². The molecule has 0 fully saturated rings. The predicted molar refractivity (Wildman–Crippen MR) is 141 cm³/mol. The summed E-state index contributed by atoms with van der Waals surface area (Å²) in [5, 5.41) is 5.74. The van der Waals surface area contributed by atoms with E-state index in [-0.39, 0.29) is 10.8 Å². The molecule has 0 radical (unpaired) electrons. The second-order valence-corrected chi connectivity index (χ2v) is 10.1. The van der Waals surface area contributed by atoms with Gasteiger partial charge in [0.1, 0.15) is 0 Å². The molecule has 1 aliphatic rings. The van der Waals surface area contributed by atoms with Crippen LogP contribution in [0.5, 0.6) is 0 Å². The minimum Gasteiger partial charge on any atom is -0.307 e. The third-order valence-electron chi connectivity index (χ3n) is 5.90. The molecule has 0 saturated carbocycles. The van der Waals surface area contributed by atoms with E-state index in [1.807, 2.05) is 36.4 Å². The maximum Gasteiger partial charge on any atom is 0.239 e. The van der Waals surface area contributed by atoms with Gasteiger partial charge >= 0.3 is 0 Å². The highest BCUT2D eigenvalue weighted by Gasteiger charge is 2.38. The van der Waals surface area contributed by atoms with Crippen molar-refractivity contribution in [2.45, 2.75) is 17.4 Å². The Balaban J connectivity index is 1.66. The highest BCUT2D eigenvalue weighted by Crippen LogP contribution is 2.43. The Kier molecular flexibility index (Phi) is 7.03. The molecule has 0 bridgehead atoms. The lowest BCUT2D eigenvalue weighted by Gasteiger charge is -2.19. The van der Waals surface area contributed by atoms with Gasteiger partial charge in [-0.25, -0.2) is 13.6 Å². The summed E-state index contributed by atoms with van der Waals surface area (Å²) < 4.78 is 23.3. The van der Waals surface area contributed by atoms with Crippen molar-refractivity contribution in [3.8, 4) is 0 Å². The highest BCUT2D eigenvalue weighted by atomic mass is 35.5. The molecule has 1 heterocycles. The van der Waals surface area contributed by atoms with Gasteiger partial charge in [0.2, 0.25) is 15.9 Å². The lowest BCUT2D eigenvalue weighted by atomic mass is 9.93. The molecule has 3 aromatic rings. The van der Waals surface area contributed by atoms with Gasteiger partial charge in [-0.05, 0) is 64.2 Å². The molecule has 0 aromatic heterocycles. The number of primary sulfonamides is 1. The molecule has 0 saturated heterocycles. The number of fused-ring (bicyclic) bond motifs is 1. The number of hydrogen-bond acceptors (Lipinski definition) is 4. The molecule has 35 heavy (non-hydrogen) atoms. The van der Waals surface area contributed by atoms with Crippen LogP contribution < -0.4 is 10.0 Å². The Hall–Kier alpha value is -3.52. The Morgan fingerprint density at radius 2 is 1.80 bits per heavy atom. The molecule has 0 aliphatic carbocycles. The number of nitrogens with zero attached hydrogens (tertiary/aromatic N) is 2. The van der Waals surface area contributed by atoms with Gasteiger partial charge in [0.25, 0.3) is 0 Å². The zero-order valence-electron chi connectivity index (χ0n) is 19.1. The number of aliphatic imine (C=N–C) groups is 1. The van der Waals surface area contributed by atoms with Gasteiger partial charge in [-0.2, -0.15) is 0 Å². The average molecular weight is 506 g/mol. The monoisotopic (exact) mass is 505 g/mol. The molecule has 1 amide bonds. The molecule has 0 spiro atoms. The van der Waals surface area contributed by atoms with Crippen molar-refractivity contribution in [1.29, 1.82) is 0 Å². The molecule has 2 N–H and O–H groups in total. The number of sulfonamides is 1. The predicted octanol–water partition coefficient (Wildman–Crippen LogP) is 4.94. The molecule has 1 aliphatic heterocycles. The van der Waals surface area contributed by atoms with Crippen LogP contribution in [0, 0.1) is 0 Å². The van der Waals surface area contributed by atoms with Gasteiger partial charge in [-0.1, -0.05) is 60.7 Å². The largest absolute Gasteiger partial charge is 0.307 e. The van der Waals surface area contributed by atoms with Gasteiger partial charge in [0, 0.05) is 24.0 Å². The number of rotatable bonds is 7. The summed E-state index contributed by atoms with van der Waals surface area (Å²) >= 11 is 6.27. The maximum atomic E-state index is 13.6. The van der Waals surface area contributed by atoms with E-state index in [0.717, 1.165) is 28.0 Å². The highest BCUT2D eigenvalue weighted by molar-refractivity contribution is 7.89. The van der Waals surface area contributed by atoms with Gasteiger partial charge in [-0.3, -0.25) is 9.79 Å². The van der Waals surface area contributed by atoms with Crippen molar-refractivity contribution >= 4 is 45.0 Å². The Morgan fingerprint density at radius 1 is 1.11 bits per heavy atom. The fraction of sp³-hybridized carbons (Fsp3) is 0.111. The Bertz CT molecular complexity index is 1440. The quantitative estimate of drug-likeness (QED) is 0.364. The van der Waals surface area contributed by atoms with Crippen molar-refractivity contribution in [2.75, 3.05) is 11.9 Å². The van der Waals surface area contributed by atoms with E-state index < -0.39 is 15.9 Å². The second kappa shape index (κ2) is 10.00. The molecule has 4 rings (SSSR count). The van der Waals surface area contributed by atoms with E-state index in [0.29, 0.717) is 17.1 Å². The number of carbonyl (C=O) groups is 1. The number of anilines is 1. The van der Waals surface area contributed by atoms with Gasteiger partial charge in [0.05, 0.1) is 17.4 Å². The summed E-state index contributed by atoms with van der Waals surface area (Å²) in [6, 6.07) is 19.4. The summed E-state index contributed by atoms with van der Waals surface area (Å²) in [6.07, 6.45) is 5.37. The van der Waals surface area contributed by atoms with Crippen LogP contribution in [0.1, 0.15) is 28.2 Å². The molecule has 8 heteroatoms. The first-order valence-electron chi connectivity index (χ1n) is 10.8. The Morgan fingerprint density at radius 3 is 2.40 bits per heavy atom. The van der Waals surface area contributed by atoms with Crippen molar-refractivity contribution in [3.05, 3.63) is 113 Å². The summed E-state index contributed by atoms with van der Waals surface area (Å²) in [5.74, 6) is -0.707. The fourth-order valence-electron chi connectivity index (χ4n) is 4.17. The maximum absolute atomic E-state index is 13.6. The van der Waals surface area contributed by atoms with Crippen molar-refractivity contribution in [1.82, 2.24) is 0 Å². The summed E-state index contributed by atoms with van der Waals surface area (Å²) in [4.78, 5) is 19.3. The number of allylic oxidation sites excluding steroid dienone is 3. The van der Waals surface area contributed by atoms with Crippen LogP contribution in [0.3, 0.4) is 0 Å². The van der Waals surface area contributed by atoms with Crippen LogP contribution in [-0.4, -0.2) is 27.6 Å². The van der Waals surface area contributed by atoms with Crippen LogP contribution in [0.15, 0.2) is 95.3 Å². The summed E-state index contributed by atoms with van der Waals surface area (Å²) in [6.45, 7) is 4.24. The standard InChI is InChI=1S/C27H24ClN3O3S/c1-3-19(14-15-30-2)20-6-4-18(5-7-20)17-31-25-13-10-22(28)16-24(25)26(27(31)32)21-8-11-23(12-9-21)35(29,33)34/h3-16,26H,1,17H2,2H3,(H2,29,33,34)/b19-14+,30-15?. The summed E-state index contributed by atoms with van der Waals surface area (Å²) in [7, 11) is -2.12. The van der Waals surface area contributed by atoms with Gasteiger partial charge in [0.15, 0.2) is 0 Å². The summed E-state index contributed by atoms with van der Waals surface area (Å²) in [5.41, 5.74) is 5.12. The van der Waals surface area contributed by atoms with Crippen molar-refractivity contribution in [2.24, 2.45) is 10.1 Å². The fourth-order valence-corrected chi connectivity index (χ4v) is 4.86. The number of nitrogens with two attached hydrogens (primary N) is 1. The lowest BCUT2D eigenvalue weighted by Crippen LogP contribution is -2.28. The molecule has 3 aromatic carbocycles. The topological polar surface area (TPSA) is 92.8 Å². The van der Waals surface area contributed by atoms with E-state index >= 15 is 0 Å². The van der Waals surface area contributed by atoms with E-state index in [9.17, 15) is 13.2 Å². The lowest BCUT2D eigenvalue weighted by molar-refractivity contribution is -0.118. The molecule has 1 atom stereocenters. The zero-order chi connectivity index (χ0) is 25.2. The number of amides is 1. The third kappa shape index (κ3) is 5.12. The van der Waals surface area contributed by atoms with Crippen LogP contribution in [-0.2, 0) is 21.4 Å². The first-order chi connectivity index (χ1) is 16.7. The van der Waals surface area contributed by atoms with Crippen molar-refractivity contribution in [3.63, 3.8) is 0 Å². The van der Waals surface area contributed by atoms with E-state index in [1.165, 1.54) is 12.1 Å². The molecular weight excluding hydrogens is 482 g/mol. The van der Waals surface area contributed by atoms with E-state index in [1.54, 1.807) is 48.5 Å². The normalized spacial score (nSPS) is 16.1. The van der Waals surface area contributed by atoms with Gasteiger partial charge < -0.3 is 4.90 Å². The minimum absolute atomic E-state index is 0.00638. The molecule has 6 nitrogen and oxygen atoms in total. The van der Waals surface area contributed by atoms with Crippen LogP contribution in [0.25, 0.3) is 5.57 Å². The SMILES string of the molecule is C=C/C(=C\C=NC)c1ccc(CN2C(=O)C(c3ccc(S(N)(=O)=O)cc3)c3cc(Cl)ccc32)cc1. The first-order valence-corrected chi connectivity index (χ1v) is 12.7. The Labute approximate surface area is 210 Å². The number of halogens is 1. The average Bonchev–Trinajstić information content (AvgIpc) is 3.10. The van der Waals surface area contributed by atoms with Crippen LogP contribution in [0.2, 0.25) is 5.02 Å². The zero-order valence-corrected chi connectivity index (χ0v) is 20.6. The third-order valence-corrected chi connectivity index (χ3v) is 7.06. The number of carbonyl (C=O) groups excluding carboxylic acids is 1. The molecular formula is C27H24ClN3O3S. The van der Waals surface area contributed by atoms with Crippen LogP contribution in [0.4, 0.5) is 5.69 Å². The smallest absolute Gasteiger partial charge is 0.239 e. The van der Waals surface area contributed by atoms with E-state index in [2.05, 4.69) is 11.6 Å². The number of benzene rings is 3.